The van der Waals surface area contributed by atoms with Crippen LogP contribution in [0.5, 0.6) is 0 Å². The van der Waals surface area contributed by atoms with Crippen LogP contribution in [0.1, 0.15) is 48.9 Å². The molecular formula is C18H21F2N. The van der Waals surface area contributed by atoms with Crippen molar-refractivity contribution in [2.24, 2.45) is 5.73 Å². The summed E-state index contributed by atoms with van der Waals surface area (Å²) in [6.07, 6.45) is 1.58. The fourth-order valence-electron chi connectivity index (χ4n) is 2.35. The van der Waals surface area contributed by atoms with Crippen LogP contribution in [0, 0.1) is 11.6 Å². The van der Waals surface area contributed by atoms with Crippen LogP contribution in [0.2, 0.25) is 0 Å². The molecule has 0 bridgehead atoms. The second-order valence-electron chi connectivity index (χ2n) is 5.54. The van der Waals surface area contributed by atoms with Crippen LogP contribution in [0.25, 0.3) is 0 Å². The van der Waals surface area contributed by atoms with E-state index in [9.17, 15) is 8.78 Å². The van der Waals surface area contributed by atoms with E-state index in [4.69, 9.17) is 5.73 Å². The molecule has 0 radical (unpaired) electrons. The van der Waals surface area contributed by atoms with Crippen molar-refractivity contribution in [3.8, 4) is 0 Å². The average Bonchev–Trinajstić information content (AvgIpc) is 2.50. The third-order valence-corrected chi connectivity index (χ3v) is 3.99. The third kappa shape index (κ3) is 3.88. The first kappa shape index (κ1) is 15.6. The Kier molecular flexibility index (Phi) is 5.07. The van der Waals surface area contributed by atoms with E-state index in [1.54, 1.807) is 6.07 Å². The minimum absolute atomic E-state index is 0.221. The van der Waals surface area contributed by atoms with Crippen LogP contribution in [0.15, 0.2) is 42.5 Å². The molecule has 112 valence electrons. The molecule has 2 unspecified atom stereocenters. The second kappa shape index (κ2) is 6.81. The first-order valence-corrected chi connectivity index (χ1v) is 7.30. The standard InChI is InChI=1S/C18H21F2N/c1-3-12(2)14-5-7-15(8-6-14)18(21)11-13-4-9-16(19)17(20)10-13/h4-10,12,18H,3,11,21H2,1-2H3. The minimum Gasteiger partial charge on any atom is -0.324 e. The molecule has 0 amide bonds. The predicted molar refractivity (Wildman–Crippen MR) is 82.1 cm³/mol. The highest BCUT2D eigenvalue weighted by molar-refractivity contribution is 5.29. The Labute approximate surface area is 124 Å². The molecule has 21 heavy (non-hydrogen) atoms. The highest BCUT2D eigenvalue weighted by atomic mass is 19.2. The fourth-order valence-corrected chi connectivity index (χ4v) is 2.35. The molecule has 0 saturated carbocycles. The fraction of sp³-hybridized carbons (Fsp3) is 0.333. The zero-order valence-electron chi connectivity index (χ0n) is 12.4. The van der Waals surface area contributed by atoms with Gasteiger partial charge in [-0.2, -0.15) is 0 Å². The molecule has 0 aromatic heterocycles. The van der Waals surface area contributed by atoms with Gasteiger partial charge in [0.05, 0.1) is 0 Å². The van der Waals surface area contributed by atoms with Crippen LogP contribution < -0.4 is 5.73 Å². The summed E-state index contributed by atoms with van der Waals surface area (Å²) in [4.78, 5) is 0. The maximum absolute atomic E-state index is 13.2. The normalized spacial score (nSPS) is 14.0. The first-order valence-electron chi connectivity index (χ1n) is 7.30. The Hall–Kier alpha value is -1.74. The van der Waals surface area contributed by atoms with Gasteiger partial charge in [-0.3, -0.25) is 0 Å². The topological polar surface area (TPSA) is 26.0 Å². The van der Waals surface area contributed by atoms with Gasteiger partial charge in [-0.1, -0.05) is 44.2 Å². The van der Waals surface area contributed by atoms with E-state index in [1.165, 1.54) is 11.6 Å². The van der Waals surface area contributed by atoms with E-state index in [0.717, 1.165) is 18.1 Å². The lowest BCUT2D eigenvalue weighted by atomic mass is 9.94. The van der Waals surface area contributed by atoms with E-state index in [0.29, 0.717) is 17.9 Å². The lowest BCUT2D eigenvalue weighted by Gasteiger charge is -2.15. The molecule has 2 atom stereocenters. The van der Waals surface area contributed by atoms with E-state index in [-0.39, 0.29) is 6.04 Å². The van der Waals surface area contributed by atoms with Crippen molar-refractivity contribution in [3.63, 3.8) is 0 Å². The van der Waals surface area contributed by atoms with Gasteiger partial charge in [0.15, 0.2) is 11.6 Å². The summed E-state index contributed by atoms with van der Waals surface area (Å²) >= 11 is 0. The molecule has 0 aliphatic rings. The second-order valence-corrected chi connectivity index (χ2v) is 5.54. The van der Waals surface area contributed by atoms with E-state index < -0.39 is 11.6 Å². The number of rotatable bonds is 5. The number of benzene rings is 2. The SMILES string of the molecule is CCC(C)c1ccc(C(N)Cc2ccc(F)c(F)c2)cc1. The Bertz CT molecular complexity index is 593. The third-order valence-electron chi connectivity index (χ3n) is 3.99. The van der Waals surface area contributed by atoms with Gasteiger partial charge in [-0.15, -0.1) is 0 Å². The van der Waals surface area contributed by atoms with Gasteiger partial charge < -0.3 is 5.73 Å². The zero-order valence-corrected chi connectivity index (χ0v) is 12.4. The van der Waals surface area contributed by atoms with Gasteiger partial charge in [-0.05, 0) is 47.6 Å². The monoisotopic (exact) mass is 289 g/mol. The highest BCUT2D eigenvalue weighted by Crippen LogP contribution is 2.22. The van der Waals surface area contributed by atoms with Crippen molar-refractivity contribution in [2.75, 3.05) is 0 Å². The molecule has 1 nitrogen and oxygen atoms in total. The molecule has 0 spiro atoms. The average molecular weight is 289 g/mol. The number of nitrogens with two attached hydrogens (primary N) is 1. The first-order chi connectivity index (χ1) is 10.0. The van der Waals surface area contributed by atoms with Crippen LogP contribution in [-0.2, 0) is 6.42 Å². The molecule has 2 aromatic rings. The number of hydrogen-bond acceptors (Lipinski definition) is 1. The van der Waals surface area contributed by atoms with Crippen molar-refractivity contribution in [1.82, 2.24) is 0 Å². The van der Waals surface area contributed by atoms with Crippen molar-refractivity contribution >= 4 is 0 Å². The summed E-state index contributed by atoms with van der Waals surface area (Å²) < 4.78 is 26.1. The minimum atomic E-state index is -0.828. The molecule has 2 aromatic carbocycles. The maximum Gasteiger partial charge on any atom is 0.159 e. The maximum atomic E-state index is 13.2. The van der Waals surface area contributed by atoms with Gasteiger partial charge in [0.1, 0.15) is 0 Å². The summed E-state index contributed by atoms with van der Waals surface area (Å²) in [5.74, 6) is -1.13. The van der Waals surface area contributed by atoms with Crippen molar-refractivity contribution in [1.29, 1.82) is 0 Å². The predicted octanol–water partition coefficient (Wildman–Crippen LogP) is 4.72. The molecule has 2 N–H and O–H groups in total. The van der Waals surface area contributed by atoms with Gasteiger partial charge in [0.25, 0.3) is 0 Å². The summed E-state index contributed by atoms with van der Waals surface area (Å²) in [5, 5.41) is 0. The Morgan fingerprint density at radius 1 is 0.952 bits per heavy atom. The molecule has 0 heterocycles. The molecule has 0 aliphatic carbocycles. The van der Waals surface area contributed by atoms with E-state index in [2.05, 4.69) is 26.0 Å². The zero-order chi connectivity index (χ0) is 15.4. The lowest BCUT2D eigenvalue weighted by molar-refractivity contribution is 0.506. The van der Waals surface area contributed by atoms with Gasteiger partial charge in [0, 0.05) is 6.04 Å². The van der Waals surface area contributed by atoms with Crippen molar-refractivity contribution in [3.05, 3.63) is 70.8 Å². The van der Waals surface area contributed by atoms with Gasteiger partial charge in [-0.25, -0.2) is 8.78 Å². The summed E-state index contributed by atoms with van der Waals surface area (Å²) in [6, 6.07) is 11.9. The quantitative estimate of drug-likeness (QED) is 0.846. The van der Waals surface area contributed by atoms with E-state index in [1.807, 2.05) is 12.1 Å². The Morgan fingerprint density at radius 3 is 2.14 bits per heavy atom. The Balaban J connectivity index is 2.09. The Morgan fingerprint density at radius 2 is 1.57 bits per heavy atom. The summed E-state index contributed by atoms with van der Waals surface area (Å²) in [6.45, 7) is 4.35. The highest BCUT2D eigenvalue weighted by Gasteiger charge is 2.10. The smallest absolute Gasteiger partial charge is 0.159 e. The van der Waals surface area contributed by atoms with Crippen LogP contribution in [0.3, 0.4) is 0 Å². The largest absolute Gasteiger partial charge is 0.324 e. The molecular weight excluding hydrogens is 268 g/mol. The van der Waals surface area contributed by atoms with Crippen molar-refractivity contribution in [2.45, 2.75) is 38.6 Å². The van der Waals surface area contributed by atoms with Gasteiger partial charge in [0.2, 0.25) is 0 Å². The van der Waals surface area contributed by atoms with Crippen molar-refractivity contribution < 1.29 is 8.78 Å². The number of hydrogen-bond donors (Lipinski definition) is 1. The lowest BCUT2D eigenvalue weighted by Crippen LogP contribution is -2.13. The molecule has 0 aliphatic heterocycles. The summed E-state index contributed by atoms with van der Waals surface area (Å²) in [5.41, 5.74) is 9.16. The van der Waals surface area contributed by atoms with E-state index >= 15 is 0 Å². The molecule has 0 saturated heterocycles. The van der Waals surface area contributed by atoms with Crippen LogP contribution >= 0.6 is 0 Å². The van der Waals surface area contributed by atoms with Gasteiger partial charge >= 0.3 is 0 Å². The molecule has 0 fully saturated rings. The van der Waals surface area contributed by atoms with Crippen LogP contribution in [0.4, 0.5) is 8.78 Å². The summed E-state index contributed by atoms with van der Waals surface area (Å²) in [7, 11) is 0. The van der Waals surface area contributed by atoms with Crippen LogP contribution in [-0.4, -0.2) is 0 Å². The molecule has 2 rings (SSSR count). The molecule has 3 heteroatoms. The number of halogens is 2.